The fraction of sp³-hybridized carbons (Fsp3) is 0.636. The molecule has 1 saturated heterocycles. The molecule has 1 aliphatic heterocycles. The van der Waals surface area contributed by atoms with Crippen molar-refractivity contribution in [1.82, 2.24) is 14.5 Å². The Hall–Kier alpha value is -0.710. The van der Waals surface area contributed by atoms with Crippen LogP contribution in [-0.2, 0) is 7.80 Å². The minimum Gasteiger partial charge on any atom is -0.349 e. The molecule has 8 heteroatoms. The Balaban J connectivity index is 2.28. The van der Waals surface area contributed by atoms with Crippen LogP contribution < -0.4 is 11.2 Å². The van der Waals surface area contributed by atoms with E-state index in [9.17, 15) is 9.59 Å². The van der Waals surface area contributed by atoms with Crippen LogP contribution in [-0.4, -0.2) is 47.3 Å². The number of halogens is 1. The van der Waals surface area contributed by atoms with Crippen LogP contribution in [0.3, 0.4) is 0 Å². The topological polar surface area (TPSA) is 76.6 Å². The minimum absolute atomic E-state index is 0.0974. The van der Waals surface area contributed by atoms with Gasteiger partial charge in [0.05, 0.1) is 12.7 Å². The maximum Gasteiger partial charge on any atom is 0.330 e. The molecule has 2 heterocycles. The molecule has 0 saturated carbocycles. The van der Waals surface area contributed by atoms with E-state index in [4.69, 9.17) is 7.80 Å². The number of aromatic nitrogens is 2. The number of rotatable bonds is 3. The lowest BCUT2D eigenvalue weighted by molar-refractivity contribution is -0.124. The zero-order chi connectivity index (χ0) is 14.0. The highest BCUT2D eigenvalue weighted by Crippen LogP contribution is 2.18. The second-order valence-electron chi connectivity index (χ2n) is 4.69. The Bertz CT molecular complexity index is 556. The Labute approximate surface area is 124 Å². The molecule has 0 bridgehead atoms. The van der Waals surface area contributed by atoms with Crippen molar-refractivity contribution < 1.29 is 7.80 Å². The number of hydrogen-bond acceptors (Lipinski definition) is 5. The first kappa shape index (κ1) is 14.7. The predicted molar refractivity (Wildman–Crippen MR) is 77.4 cm³/mol. The van der Waals surface area contributed by atoms with Crippen LogP contribution in [0.1, 0.15) is 11.8 Å². The van der Waals surface area contributed by atoms with E-state index < -0.39 is 11.9 Å². The van der Waals surface area contributed by atoms with Gasteiger partial charge in [-0.1, -0.05) is 0 Å². The maximum absolute atomic E-state index is 11.8. The molecular formula is C11H16IN3O4. The largest absolute Gasteiger partial charge is 0.349 e. The molecule has 0 aromatic carbocycles. The van der Waals surface area contributed by atoms with Crippen LogP contribution in [0.15, 0.2) is 15.8 Å². The summed E-state index contributed by atoms with van der Waals surface area (Å²) in [5.41, 5.74) is -0.333. The average Bonchev–Trinajstić information content (AvgIpc) is 2.33. The Morgan fingerprint density at radius 2 is 2.26 bits per heavy atom. The lowest BCUT2D eigenvalue weighted by Gasteiger charge is -2.36. The number of H-pyrrole nitrogens is 1. The first-order chi connectivity index (χ1) is 9.01. The van der Waals surface area contributed by atoms with Crippen molar-refractivity contribution in [1.29, 1.82) is 0 Å². The number of aryl methyl sites for hydroxylation is 1. The zero-order valence-corrected chi connectivity index (χ0v) is 12.9. The minimum atomic E-state index is -0.454. The SMILES string of the molecule is Cc1cn(C2CN(C)CC(COI)O2)c(=O)[nH]c1=O. The van der Waals surface area contributed by atoms with Crippen molar-refractivity contribution in [3.05, 3.63) is 32.6 Å². The maximum atomic E-state index is 11.8. The van der Waals surface area contributed by atoms with Gasteiger partial charge in [-0.2, -0.15) is 0 Å². The van der Waals surface area contributed by atoms with Gasteiger partial charge in [-0.25, -0.2) is 4.79 Å². The molecule has 2 rings (SSSR count). The zero-order valence-electron chi connectivity index (χ0n) is 10.8. The highest BCUT2D eigenvalue weighted by molar-refractivity contribution is 14.1. The van der Waals surface area contributed by atoms with Gasteiger partial charge in [0.2, 0.25) is 0 Å². The van der Waals surface area contributed by atoms with E-state index in [1.807, 2.05) is 30.1 Å². The molecule has 19 heavy (non-hydrogen) atoms. The van der Waals surface area contributed by atoms with Crippen molar-refractivity contribution in [2.45, 2.75) is 19.3 Å². The molecule has 0 spiro atoms. The molecule has 106 valence electrons. The molecule has 2 unspecified atom stereocenters. The number of hydrogen-bond donors (Lipinski definition) is 1. The lowest BCUT2D eigenvalue weighted by atomic mass is 10.2. The quantitative estimate of drug-likeness (QED) is 0.749. The Morgan fingerprint density at radius 3 is 2.95 bits per heavy atom. The van der Waals surface area contributed by atoms with Gasteiger partial charge in [-0.15, -0.1) is 0 Å². The number of likely N-dealkylation sites (N-methyl/N-ethyl adjacent to an activating group) is 1. The van der Waals surface area contributed by atoms with Crippen LogP contribution in [0.2, 0.25) is 0 Å². The summed E-state index contributed by atoms with van der Waals surface area (Å²) in [5.74, 6) is 0. The van der Waals surface area contributed by atoms with Gasteiger partial charge in [-0.05, 0) is 14.0 Å². The molecule has 0 aliphatic carbocycles. The van der Waals surface area contributed by atoms with E-state index in [-0.39, 0.29) is 11.7 Å². The normalized spacial score (nSPS) is 24.6. The molecule has 0 amide bonds. The Kier molecular flexibility index (Phi) is 4.76. The average molecular weight is 381 g/mol. The van der Waals surface area contributed by atoms with Gasteiger partial charge >= 0.3 is 5.69 Å². The van der Waals surface area contributed by atoms with Crippen molar-refractivity contribution in [3.63, 3.8) is 0 Å². The van der Waals surface area contributed by atoms with Crippen LogP contribution in [0.25, 0.3) is 0 Å². The van der Waals surface area contributed by atoms with Gasteiger partial charge < -0.3 is 7.80 Å². The van der Waals surface area contributed by atoms with Crippen molar-refractivity contribution in [3.8, 4) is 0 Å². The highest BCUT2D eigenvalue weighted by Gasteiger charge is 2.27. The van der Waals surface area contributed by atoms with Crippen LogP contribution in [0.4, 0.5) is 0 Å². The fourth-order valence-electron chi connectivity index (χ4n) is 2.11. The number of aromatic amines is 1. The number of morpholine rings is 1. The summed E-state index contributed by atoms with van der Waals surface area (Å²) in [7, 11) is 1.96. The van der Waals surface area contributed by atoms with Gasteiger partial charge in [0.25, 0.3) is 5.56 Å². The smallest absolute Gasteiger partial charge is 0.330 e. The summed E-state index contributed by atoms with van der Waals surface area (Å²) in [5, 5.41) is 0. The predicted octanol–water partition coefficient (Wildman–Crippen LogP) is 0.0408. The molecule has 1 N–H and O–H groups in total. The third kappa shape index (κ3) is 3.44. The van der Waals surface area contributed by atoms with Crippen LogP contribution in [0.5, 0.6) is 0 Å². The molecule has 7 nitrogen and oxygen atoms in total. The summed E-state index contributed by atoms with van der Waals surface area (Å²) < 4.78 is 12.3. The van der Waals surface area contributed by atoms with E-state index in [0.29, 0.717) is 18.7 Å². The Morgan fingerprint density at radius 1 is 1.53 bits per heavy atom. The summed E-state index contributed by atoms with van der Waals surface area (Å²) in [6, 6.07) is 0. The molecular weight excluding hydrogens is 365 g/mol. The molecule has 1 aliphatic rings. The summed E-state index contributed by atoms with van der Waals surface area (Å²) in [6.07, 6.45) is 1.02. The first-order valence-corrected chi connectivity index (χ1v) is 6.79. The van der Waals surface area contributed by atoms with E-state index >= 15 is 0 Å². The van der Waals surface area contributed by atoms with E-state index in [2.05, 4.69) is 9.88 Å². The van der Waals surface area contributed by atoms with Crippen LogP contribution >= 0.6 is 23.0 Å². The lowest BCUT2D eigenvalue weighted by Crippen LogP contribution is -2.48. The third-order valence-electron chi connectivity index (χ3n) is 3.04. The summed E-state index contributed by atoms with van der Waals surface area (Å²) >= 11 is 1.82. The molecule has 0 radical (unpaired) electrons. The third-order valence-corrected chi connectivity index (χ3v) is 3.40. The second kappa shape index (κ2) is 6.16. The molecule has 1 aromatic rings. The number of ether oxygens (including phenoxy) is 1. The first-order valence-electron chi connectivity index (χ1n) is 5.91. The number of nitrogens with one attached hydrogen (secondary N) is 1. The molecule has 2 atom stereocenters. The van der Waals surface area contributed by atoms with Crippen molar-refractivity contribution in [2.75, 3.05) is 26.7 Å². The summed E-state index contributed by atoms with van der Waals surface area (Å²) in [4.78, 5) is 27.6. The molecule has 1 aromatic heterocycles. The molecule has 1 fully saturated rings. The van der Waals surface area contributed by atoms with Gasteiger partial charge in [0.15, 0.2) is 6.23 Å². The highest BCUT2D eigenvalue weighted by atomic mass is 127. The monoisotopic (exact) mass is 381 g/mol. The summed E-state index contributed by atoms with van der Waals surface area (Å²) in [6.45, 7) is 3.45. The van der Waals surface area contributed by atoms with E-state index in [1.165, 1.54) is 10.8 Å². The second-order valence-corrected chi connectivity index (χ2v) is 5.31. The van der Waals surface area contributed by atoms with Crippen molar-refractivity contribution >= 4 is 23.0 Å². The van der Waals surface area contributed by atoms with Crippen molar-refractivity contribution in [2.24, 2.45) is 0 Å². The van der Waals surface area contributed by atoms with E-state index in [0.717, 1.165) is 6.54 Å². The van der Waals surface area contributed by atoms with Crippen LogP contribution in [0, 0.1) is 6.92 Å². The number of nitrogens with zero attached hydrogens (tertiary/aromatic N) is 2. The fourth-order valence-corrected chi connectivity index (χ4v) is 2.51. The van der Waals surface area contributed by atoms with Gasteiger partial charge in [-0.3, -0.25) is 19.2 Å². The van der Waals surface area contributed by atoms with Gasteiger partial charge in [0, 0.05) is 24.8 Å². The van der Waals surface area contributed by atoms with Gasteiger partial charge in [0.1, 0.15) is 23.0 Å². The van der Waals surface area contributed by atoms with E-state index in [1.54, 1.807) is 6.92 Å². The standard InChI is InChI=1S/C11H16IN3O4/c1-7-3-15(11(17)13-10(7)16)9-5-14(2)4-8(19-9)6-18-12/h3,8-9H,4-6H2,1-2H3,(H,13,16,17).